The summed E-state index contributed by atoms with van der Waals surface area (Å²) in [6.07, 6.45) is 1.80. The molecule has 0 aliphatic rings. The predicted octanol–water partition coefficient (Wildman–Crippen LogP) is 2.70. The van der Waals surface area contributed by atoms with Gasteiger partial charge in [0.05, 0.1) is 17.9 Å². The molecule has 104 valence electrons. The van der Waals surface area contributed by atoms with Crippen LogP contribution in [0.25, 0.3) is 0 Å². The van der Waals surface area contributed by atoms with Gasteiger partial charge in [0.2, 0.25) is 0 Å². The molecule has 3 N–H and O–H groups in total. The largest absolute Gasteiger partial charge is 0.384 e. The highest BCUT2D eigenvalue weighted by Gasteiger charge is 2.15. The maximum Gasteiger partial charge on any atom is 0.124 e. The van der Waals surface area contributed by atoms with Gasteiger partial charge >= 0.3 is 0 Å². The number of para-hydroxylation sites is 1. The number of nitrogen functional groups attached to an aromatic ring is 1. The first-order chi connectivity index (χ1) is 9.63. The van der Waals surface area contributed by atoms with Crippen molar-refractivity contribution in [2.45, 2.75) is 20.4 Å². The lowest BCUT2D eigenvalue weighted by Crippen LogP contribution is -2.27. The second kappa shape index (κ2) is 6.19. The molecule has 0 saturated heterocycles. The van der Waals surface area contributed by atoms with Gasteiger partial charge < -0.3 is 10.6 Å². The third-order valence-corrected chi connectivity index (χ3v) is 3.30. The van der Waals surface area contributed by atoms with Gasteiger partial charge in [-0.2, -0.15) is 0 Å². The molecule has 0 bridgehead atoms. The first-order valence-electron chi connectivity index (χ1n) is 6.72. The smallest absolute Gasteiger partial charge is 0.124 e. The summed E-state index contributed by atoms with van der Waals surface area (Å²) in [5, 5.41) is 7.76. The van der Waals surface area contributed by atoms with Crippen LogP contribution < -0.4 is 10.6 Å². The lowest BCUT2D eigenvalue weighted by atomic mass is 10.1. The van der Waals surface area contributed by atoms with Gasteiger partial charge in [0.25, 0.3) is 0 Å². The van der Waals surface area contributed by atoms with Crippen LogP contribution in [0.2, 0.25) is 0 Å². The minimum absolute atomic E-state index is 0.100. The highest BCUT2D eigenvalue weighted by atomic mass is 15.1. The fraction of sp³-hybridized carbons (Fsp3) is 0.250. The Morgan fingerprint density at radius 1 is 1.25 bits per heavy atom. The number of hydrogen-bond acceptors (Lipinski definition) is 3. The number of aryl methyl sites for hydroxylation is 1. The number of nitrogens with two attached hydrogens (primary N) is 1. The number of amidine groups is 1. The number of anilines is 1. The van der Waals surface area contributed by atoms with Gasteiger partial charge in [-0.05, 0) is 37.6 Å². The quantitative estimate of drug-likeness (QED) is 0.647. The van der Waals surface area contributed by atoms with Gasteiger partial charge in [0.1, 0.15) is 5.84 Å². The zero-order valence-electron chi connectivity index (χ0n) is 11.9. The van der Waals surface area contributed by atoms with Gasteiger partial charge in [-0.25, -0.2) is 0 Å². The average molecular weight is 268 g/mol. The molecule has 1 aromatic heterocycles. The summed E-state index contributed by atoms with van der Waals surface area (Å²) in [4.78, 5) is 6.57. The molecule has 1 aromatic carbocycles. The summed E-state index contributed by atoms with van der Waals surface area (Å²) >= 11 is 0. The van der Waals surface area contributed by atoms with Crippen molar-refractivity contribution >= 4 is 11.5 Å². The molecular formula is C16H20N4. The predicted molar refractivity (Wildman–Crippen MR) is 83.2 cm³/mol. The van der Waals surface area contributed by atoms with Crippen LogP contribution in [0.15, 0.2) is 42.6 Å². The Morgan fingerprint density at radius 3 is 2.65 bits per heavy atom. The van der Waals surface area contributed by atoms with Crippen LogP contribution in [0.5, 0.6) is 0 Å². The van der Waals surface area contributed by atoms with E-state index >= 15 is 0 Å². The van der Waals surface area contributed by atoms with Crippen molar-refractivity contribution in [2.75, 3.05) is 11.4 Å². The van der Waals surface area contributed by atoms with E-state index in [-0.39, 0.29) is 5.84 Å². The third-order valence-electron chi connectivity index (χ3n) is 3.30. The summed E-state index contributed by atoms with van der Waals surface area (Å²) in [7, 11) is 0. The topological polar surface area (TPSA) is 66.0 Å². The second-order valence-corrected chi connectivity index (χ2v) is 4.72. The van der Waals surface area contributed by atoms with E-state index in [2.05, 4.69) is 16.8 Å². The molecule has 0 atom stereocenters. The van der Waals surface area contributed by atoms with E-state index in [0.717, 1.165) is 29.1 Å². The van der Waals surface area contributed by atoms with E-state index in [0.29, 0.717) is 6.54 Å². The molecular weight excluding hydrogens is 248 g/mol. The summed E-state index contributed by atoms with van der Waals surface area (Å²) in [5.74, 6) is 0.100. The Balaban J connectivity index is 2.39. The van der Waals surface area contributed by atoms with E-state index in [9.17, 15) is 0 Å². The van der Waals surface area contributed by atoms with Crippen LogP contribution in [0.1, 0.15) is 23.7 Å². The van der Waals surface area contributed by atoms with Crippen molar-refractivity contribution in [3.05, 3.63) is 59.4 Å². The molecule has 4 nitrogen and oxygen atoms in total. The Kier molecular flexibility index (Phi) is 4.35. The minimum Gasteiger partial charge on any atom is -0.384 e. The van der Waals surface area contributed by atoms with Gasteiger partial charge in [-0.15, -0.1) is 0 Å². The van der Waals surface area contributed by atoms with E-state index in [1.165, 1.54) is 0 Å². The van der Waals surface area contributed by atoms with Crippen molar-refractivity contribution in [1.82, 2.24) is 4.98 Å². The molecule has 0 fully saturated rings. The van der Waals surface area contributed by atoms with Crippen molar-refractivity contribution < 1.29 is 0 Å². The molecule has 0 spiro atoms. The summed E-state index contributed by atoms with van der Waals surface area (Å²) < 4.78 is 0. The molecule has 4 heteroatoms. The fourth-order valence-corrected chi connectivity index (χ4v) is 2.33. The molecule has 1 heterocycles. The molecule has 2 aromatic rings. The van der Waals surface area contributed by atoms with Gasteiger partial charge in [0.15, 0.2) is 0 Å². The van der Waals surface area contributed by atoms with Crippen molar-refractivity contribution in [3.8, 4) is 0 Å². The Hall–Kier alpha value is -2.36. The first kappa shape index (κ1) is 14.1. The van der Waals surface area contributed by atoms with Crippen LogP contribution >= 0.6 is 0 Å². The summed E-state index contributed by atoms with van der Waals surface area (Å²) in [5.41, 5.74) is 9.64. The van der Waals surface area contributed by atoms with E-state index < -0.39 is 0 Å². The Bertz CT molecular complexity index is 593. The van der Waals surface area contributed by atoms with Crippen molar-refractivity contribution in [2.24, 2.45) is 5.73 Å². The van der Waals surface area contributed by atoms with Crippen molar-refractivity contribution in [1.29, 1.82) is 5.41 Å². The van der Waals surface area contributed by atoms with Crippen LogP contribution in [0.3, 0.4) is 0 Å². The zero-order chi connectivity index (χ0) is 14.5. The SMILES string of the molecule is CCN(Cc1ccccn1)c1c(C)cccc1C(=N)N. The molecule has 0 radical (unpaired) electrons. The monoisotopic (exact) mass is 268 g/mol. The number of benzene rings is 1. The van der Waals surface area contributed by atoms with Crippen LogP contribution in [-0.4, -0.2) is 17.4 Å². The lowest BCUT2D eigenvalue weighted by Gasteiger charge is -2.27. The Morgan fingerprint density at radius 2 is 2.05 bits per heavy atom. The molecule has 20 heavy (non-hydrogen) atoms. The number of nitrogens with one attached hydrogen (secondary N) is 1. The van der Waals surface area contributed by atoms with Gasteiger partial charge in [-0.1, -0.05) is 18.2 Å². The van der Waals surface area contributed by atoms with E-state index in [1.807, 2.05) is 43.3 Å². The first-order valence-corrected chi connectivity index (χ1v) is 6.72. The maximum absolute atomic E-state index is 7.76. The molecule has 0 unspecified atom stereocenters. The molecule has 2 rings (SSSR count). The number of nitrogens with zero attached hydrogens (tertiary/aromatic N) is 2. The zero-order valence-corrected chi connectivity index (χ0v) is 11.9. The number of rotatable bonds is 5. The number of aromatic nitrogens is 1. The summed E-state index contributed by atoms with van der Waals surface area (Å²) in [6, 6.07) is 11.8. The third kappa shape index (κ3) is 2.96. The van der Waals surface area contributed by atoms with Crippen LogP contribution in [-0.2, 0) is 6.54 Å². The molecule has 0 aliphatic carbocycles. The maximum atomic E-state index is 7.76. The van der Waals surface area contributed by atoms with Gasteiger partial charge in [-0.3, -0.25) is 10.4 Å². The van der Waals surface area contributed by atoms with E-state index in [1.54, 1.807) is 6.20 Å². The molecule has 0 amide bonds. The van der Waals surface area contributed by atoms with E-state index in [4.69, 9.17) is 11.1 Å². The highest BCUT2D eigenvalue weighted by Crippen LogP contribution is 2.26. The second-order valence-electron chi connectivity index (χ2n) is 4.72. The highest BCUT2D eigenvalue weighted by molar-refractivity contribution is 6.01. The standard InChI is InChI=1S/C16H20N4/c1-3-20(11-13-8-4-5-10-19-13)15-12(2)7-6-9-14(15)16(17)18/h4-10H,3,11H2,1-2H3,(H3,17,18). The van der Waals surface area contributed by atoms with Crippen molar-refractivity contribution in [3.63, 3.8) is 0 Å². The van der Waals surface area contributed by atoms with Gasteiger partial charge in [0, 0.05) is 18.3 Å². The average Bonchev–Trinajstić information content (AvgIpc) is 2.46. The fourth-order valence-electron chi connectivity index (χ4n) is 2.33. The number of pyridine rings is 1. The van der Waals surface area contributed by atoms with Crippen LogP contribution in [0, 0.1) is 12.3 Å². The normalized spacial score (nSPS) is 10.3. The minimum atomic E-state index is 0.100. The molecule has 0 aliphatic heterocycles. The van der Waals surface area contributed by atoms with Crippen LogP contribution in [0.4, 0.5) is 5.69 Å². The Labute approximate surface area is 119 Å². The number of hydrogen-bond donors (Lipinski definition) is 2. The summed E-state index contributed by atoms with van der Waals surface area (Å²) in [6.45, 7) is 5.69. The lowest BCUT2D eigenvalue weighted by molar-refractivity contribution is 0.805. The molecule has 0 saturated carbocycles.